The predicted molar refractivity (Wildman–Crippen MR) is 131 cm³/mol. The van der Waals surface area contributed by atoms with E-state index < -0.39 is 15.8 Å². The van der Waals surface area contributed by atoms with Crippen LogP contribution in [-0.2, 0) is 19.6 Å². The molecule has 0 saturated carbocycles. The van der Waals surface area contributed by atoms with Gasteiger partial charge >= 0.3 is 0 Å². The van der Waals surface area contributed by atoms with Crippen LogP contribution in [0.5, 0.6) is 0 Å². The maximum Gasteiger partial charge on any atom is 0.262 e. The summed E-state index contributed by atoms with van der Waals surface area (Å²) in [5.41, 5.74) is 1.75. The zero-order valence-electron chi connectivity index (χ0n) is 18.9. The molecular formula is C24H26FN3O4S2. The molecule has 0 unspecified atom stereocenters. The van der Waals surface area contributed by atoms with Crippen LogP contribution < -0.4 is 10.0 Å². The van der Waals surface area contributed by atoms with Crippen LogP contribution in [0.4, 0.5) is 15.2 Å². The summed E-state index contributed by atoms with van der Waals surface area (Å²) >= 11 is 1.29. The van der Waals surface area contributed by atoms with Crippen molar-refractivity contribution in [1.82, 2.24) is 4.98 Å². The van der Waals surface area contributed by atoms with Crippen LogP contribution >= 0.6 is 11.3 Å². The van der Waals surface area contributed by atoms with E-state index in [2.05, 4.69) is 15.0 Å². The number of rotatable bonds is 7. The van der Waals surface area contributed by atoms with E-state index in [0.29, 0.717) is 47.5 Å². The normalized spacial score (nSPS) is 14.7. The number of hydrogen-bond acceptors (Lipinski definition) is 6. The zero-order chi connectivity index (χ0) is 24.3. The van der Waals surface area contributed by atoms with Crippen molar-refractivity contribution in [3.63, 3.8) is 0 Å². The Morgan fingerprint density at radius 3 is 2.65 bits per heavy atom. The molecule has 7 nitrogen and oxygen atoms in total. The van der Waals surface area contributed by atoms with Crippen LogP contribution in [0, 0.1) is 25.6 Å². The largest absolute Gasteiger partial charge is 0.381 e. The molecule has 1 amide bonds. The SMILES string of the molecule is Cc1ccc(-c2sc(NC(=O)CC3CCOCC3)nc2C)cc1S(=O)(=O)Nc1ccccc1F. The van der Waals surface area contributed by atoms with Gasteiger partial charge in [-0.3, -0.25) is 9.52 Å². The molecule has 3 aromatic rings. The van der Waals surface area contributed by atoms with E-state index in [0.717, 1.165) is 17.7 Å². The average Bonchev–Trinajstić information content (AvgIpc) is 3.15. The summed E-state index contributed by atoms with van der Waals surface area (Å²) in [6.07, 6.45) is 2.17. The van der Waals surface area contributed by atoms with Gasteiger partial charge in [0, 0.05) is 19.6 Å². The number of benzene rings is 2. The highest BCUT2D eigenvalue weighted by Crippen LogP contribution is 2.35. The molecule has 1 fully saturated rings. The fourth-order valence-corrected chi connectivity index (χ4v) is 6.19. The molecular weight excluding hydrogens is 477 g/mol. The topological polar surface area (TPSA) is 97.4 Å². The Balaban J connectivity index is 1.55. The molecule has 2 heterocycles. The van der Waals surface area contributed by atoms with Crippen LogP contribution in [0.2, 0.25) is 0 Å². The van der Waals surface area contributed by atoms with Crippen molar-refractivity contribution < 1.29 is 22.3 Å². The third kappa shape index (κ3) is 5.63. The Hall–Kier alpha value is -2.82. The van der Waals surface area contributed by atoms with E-state index in [1.54, 1.807) is 25.1 Å². The average molecular weight is 504 g/mol. The van der Waals surface area contributed by atoms with Crippen LogP contribution in [0.1, 0.15) is 30.5 Å². The Morgan fingerprint density at radius 2 is 1.91 bits per heavy atom. The molecule has 0 atom stereocenters. The minimum Gasteiger partial charge on any atom is -0.381 e. The Bertz CT molecular complexity index is 1300. The highest BCUT2D eigenvalue weighted by atomic mass is 32.2. The zero-order valence-corrected chi connectivity index (χ0v) is 20.6. The smallest absolute Gasteiger partial charge is 0.262 e. The van der Waals surface area contributed by atoms with Crippen molar-refractivity contribution >= 4 is 38.1 Å². The lowest BCUT2D eigenvalue weighted by molar-refractivity contribution is -0.117. The van der Waals surface area contributed by atoms with Crippen molar-refractivity contribution in [2.24, 2.45) is 5.92 Å². The number of amides is 1. The van der Waals surface area contributed by atoms with Gasteiger partial charge < -0.3 is 10.1 Å². The monoisotopic (exact) mass is 503 g/mol. The number of halogens is 1. The number of aryl methyl sites for hydroxylation is 2. The fraction of sp³-hybridized carbons (Fsp3) is 0.333. The van der Waals surface area contributed by atoms with Crippen molar-refractivity contribution in [3.05, 3.63) is 59.5 Å². The van der Waals surface area contributed by atoms with Crippen LogP contribution in [0.3, 0.4) is 0 Å². The van der Waals surface area contributed by atoms with Gasteiger partial charge in [0.15, 0.2) is 5.13 Å². The van der Waals surface area contributed by atoms with Gasteiger partial charge in [-0.05, 0) is 61.9 Å². The van der Waals surface area contributed by atoms with E-state index in [1.807, 2.05) is 13.0 Å². The summed E-state index contributed by atoms with van der Waals surface area (Å²) in [5, 5.41) is 3.34. The summed E-state index contributed by atoms with van der Waals surface area (Å²) in [6.45, 7) is 4.86. The van der Waals surface area contributed by atoms with Gasteiger partial charge in [-0.25, -0.2) is 17.8 Å². The number of nitrogens with zero attached hydrogens (tertiary/aromatic N) is 1. The third-order valence-corrected chi connectivity index (χ3v) is 8.35. The maximum atomic E-state index is 14.0. The standard InChI is InChI=1S/C24H26FN3O4S2/c1-15-7-8-18(14-21(15)34(30,31)28-20-6-4-3-5-19(20)25)23-16(2)26-24(33-23)27-22(29)13-17-9-11-32-12-10-17/h3-8,14,17,28H,9-13H2,1-2H3,(H,26,27,29). The molecule has 180 valence electrons. The fourth-order valence-electron chi connectivity index (χ4n) is 3.88. The van der Waals surface area contributed by atoms with Gasteiger partial charge in [0.05, 0.1) is 21.2 Å². The minimum atomic E-state index is -4.02. The first-order valence-corrected chi connectivity index (χ1v) is 13.3. The second-order valence-electron chi connectivity index (χ2n) is 8.31. The van der Waals surface area contributed by atoms with Crippen molar-refractivity contribution in [1.29, 1.82) is 0 Å². The number of carbonyl (C=O) groups is 1. The summed E-state index contributed by atoms with van der Waals surface area (Å²) in [6, 6.07) is 10.7. The van der Waals surface area contributed by atoms with Crippen molar-refractivity contribution in [3.8, 4) is 10.4 Å². The van der Waals surface area contributed by atoms with E-state index in [4.69, 9.17) is 4.74 Å². The van der Waals surface area contributed by atoms with E-state index >= 15 is 0 Å². The minimum absolute atomic E-state index is 0.0474. The molecule has 1 aliphatic heterocycles. The second kappa shape index (κ2) is 10.2. The molecule has 0 bridgehead atoms. The van der Waals surface area contributed by atoms with Crippen LogP contribution in [-0.4, -0.2) is 32.5 Å². The summed E-state index contributed by atoms with van der Waals surface area (Å²) in [5.74, 6) is -0.436. The molecule has 1 aromatic heterocycles. The van der Waals surface area contributed by atoms with Gasteiger partial charge in [0.1, 0.15) is 5.82 Å². The van der Waals surface area contributed by atoms with Crippen LogP contribution in [0.15, 0.2) is 47.4 Å². The van der Waals surface area contributed by atoms with E-state index in [1.165, 1.54) is 29.5 Å². The Labute approximate surface area is 202 Å². The summed E-state index contributed by atoms with van der Waals surface area (Å²) in [7, 11) is -4.02. The number of para-hydroxylation sites is 1. The lowest BCUT2D eigenvalue weighted by Crippen LogP contribution is -2.22. The number of sulfonamides is 1. The molecule has 34 heavy (non-hydrogen) atoms. The van der Waals surface area contributed by atoms with Gasteiger partial charge in [-0.15, -0.1) is 0 Å². The molecule has 1 aliphatic rings. The first kappa shape index (κ1) is 24.3. The first-order valence-electron chi connectivity index (χ1n) is 11.0. The molecule has 0 radical (unpaired) electrons. The maximum absolute atomic E-state index is 14.0. The number of thiazole rings is 1. The molecule has 0 spiro atoms. The van der Waals surface area contributed by atoms with Gasteiger partial charge in [-0.2, -0.15) is 0 Å². The number of ether oxygens (including phenoxy) is 1. The lowest BCUT2D eigenvalue weighted by Gasteiger charge is -2.20. The molecule has 2 aromatic carbocycles. The molecule has 4 rings (SSSR count). The first-order chi connectivity index (χ1) is 16.2. The molecule has 2 N–H and O–H groups in total. The Morgan fingerprint density at radius 1 is 1.18 bits per heavy atom. The number of nitrogens with one attached hydrogen (secondary N) is 2. The molecule has 1 saturated heterocycles. The van der Waals surface area contributed by atoms with Gasteiger partial charge in [0.25, 0.3) is 10.0 Å². The number of hydrogen-bond donors (Lipinski definition) is 2. The second-order valence-corrected chi connectivity index (χ2v) is 11.0. The van der Waals surface area contributed by atoms with E-state index in [-0.39, 0.29) is 16.5 Å². The van der Waals surface area contributed by atoms with Gasteiger partial charge in [-0.1, -0.05) is 35.6 Å². The summed E-state index contributed by atoms with van der Waals surface area (Å²) in [4.78, 5) is 17.7. The number of carbonyl (C=O) groups excluding carboxylic acids is 1. The lowest BCUT2D eigenvalue weighted by atomic mass is 9.96. The summed E-state index contributed by atoms with van der Waals surface area (Å²) < 4.78 is 47.7. The quantitative estimate of drug-likeness (QED) is 0.466. The van der Waals surface area contributed by atoms with Crippen LogP contribution in [0.25, 0.3) is 10.4 Å². The highest BCUT2D eigenvalue weighted by Gasteiger charge is 2.22. The van der Waals surface area contributed by atoms with E-state index in [9.17, 15) is 17.6 Å². The third-order valence-electron chi connectivity index (χ3n) is 5.72. The molecule has 10 heteroatoms. The molecule has 0 aliphatic carbocycles. The highest BCUT2D eigenvalue weighted by molar-refractivity contribution is 7.92. The van der Waals surface area contributed by atoms with Crippen molar-refractivity contribution in [2.75, 3.05) is 23.3 Å². The predicted octanol–water partition coefficient (Wildman–Crippen LogP) is 5.12. The number of aromatic nitrogens is 1. The number of anilines is 2. The Kier molecular flexibility index (Phi) is 7.30. The van der Waals surface area contributed by atoms with Gasteiger partial charge in [0.2, 0.25) is 5.91 Å². The van der Waals surface area contributed by atoms with Crippen molar-refractivity contribution in [2.45, 2.75) is 38.0 Å².